The maximum absolute atomic E-state index is 9.78. The van der Waals surface area contributed by atoms with E-state index in [0.717, 1.165) is 11.4 Å². The van der Waals surface area contributed by atoms with E-state index in [1.54, 1.807) is 4.68 Å². The molecule has 2 N–H and O–H groups in total. The van der Waals surface area contributed by atoms with Gasteiger partial charge in [-0.1, -0.05) is 18.5 Å². The average molecular weight is 247 g/mol. The Morgan fingerprint density at radius 3 is 2.44 bits per heavy atom. The number of halogens is 1. The number of aromatic nitrogens is 2. The molecule has 0 aromatic carbocycles. The van der Waals surface area contributed by atoms with Gasteiger partial charge in [-0.05, 0) is 20.3 Å². The van der Waals surface area contributed by atoms with Crippen LogP contribution in [0.5, 0.6) is 0 Å². The monoisotopic (exact) mass is 246 g/mol. The summed E-state index contributed by atoms with van der Waals surface area (Å²) in [7, 11) is 0. The zero-order chi connectivity index (χ0) is 12.3. The van der Waals surface area contributed by atoms with Crippen molar-refractivity contribution in [3.05, 3.63) is 16.4 Å². The highest BCUT2D eigenvalue weighted by molar-refractivity contribution is 6.31. The maximum atomic E-state index is 9.78. The summed E-state index contributed by atoms with van der Waals surface area (Å²) in [6.45, 7) is 6.34. The fourth-order valence-corrected chi connectivity index (χ4v) is 1.88. The third-order valence-electron chi connectivity index (χ3n) is 2.72. The van der Waals surface area contributed by atoms with Crippen molar-refractivity contribution < 1.29 is 10.2 Å². The van der Waals surface area contributed by atoms with Gasteiger partial charge >= 0.3 is 0 Å². The Kier molecular flexibility index (Phi) is 4.77. The van der Waals surface area contributed by atoms with E-state index in [2.05, 4.69) is 5.10 Å². The Morgan fingerprint density at radius 2 is 1.94 bits per heavy atom. The van der Waals surface area contributed by atoms with Crippen LogP contribution in [0, 0.1) is 6.92 Å². The third-order valence-corrected chi connectivity index (χ3v) is 3.21. The molecule has 0 aliphatic rings. The molecule has 0 radical (unpaired) electrons. The first kappa shape index (κ1) is 13.5. The molecule has 1 rings (SSSR count). The Labute approximate surface area is 101 Å². The van der Waals surface area contributed by atoms with Gasteiger partial charge < -0.3 is 10.2 Å². The molecule has 2 unspecified atom stereocenters. The van der Waals surface area contributed by atoms with Crippen molar-refractivity contribution in [2.24, 2.45) is 0 Å². The molecule has 92 valence electrons. The second-order valence-electron chi connectivity index (χ2n) is 3.91. The van der Waals surface area contributed by atoms with E-state index < -0.39 is 12.2 Å². The minimum atomic E-state index is -0.788. The number of hydrogen-bond acceptors (Lipinski definition) is 3. The van der Waals surface area contributed by atoms with Crippen LogP contribution in [-0.4, -0.2) is 32.2 Å². The van der Waals surface area contributed by atoms with Gasteiger partial charge in [0, 0.05) is 13.0 Å². The normalized spacial score (nSPS) is 15.1. The van der Waals surface area contributed by atoms with Crippen molar-refractivity contribution in [2.45, 2.75) is 52.4 Å². The number of rotatable bonds is 5. The lowest BCUT2D eigenvalue weighted by atomic mass is 10.1. The predicted molar refractivity (Wildman–Crippen MR) is 63.7 cm³/mol. The quantitative estimate of drug-likeness (QED) is 0.829. The summed E-state index contributed by atoms with van der Waals surface area (Å²) >= 11 is 6.11. The first-order valence-electron chi connectivity index (χ1n) is 5.59. The van der Waals surface area contributed by atoms with Crippen LogP contribution in [0.2, 0.25) is 5.02 Å². The second kappa shape index (κ2) is 5.66. The summed E-state index contributed by atoms with van der Waals surface area (Å²) < 4.78 is 1.77. The number of aryl methyl sites for hydroxylation is 2. The van der Waals surface area contributed by atoms with Crippen molar-refractivity contribution in [3.8, 4) is 0 Å². The summed E-state index contributed by atoms with van der Waals surface area (Å²) in [5.74, 6) is 0. The van der Waals surface area contributed by atoms with Crippen LogP contribution in [-0.2, 0) is 13.0 Å². The Morgan fingerprint density at radius 1 is 1.31 bits per heavy atom. The van der Waals surface area contributed by atoms with Crippen molar-refractivity contribution in [3.63, 3.8) is 0 Å². The molecule has 0 bridgehead atoms. The van der Waals surface area contributed by atoms with Crippen LogP contribution >= 0.6 is 11.6 Å². The molecule has 1 heterocycles. The Balaban J connectivity index is 2.87. The lowest BCUT2D eigenvalue weighted by Crippen LogP contribution is -2.28. The topological polar surface area (TPSA) is 58.3 Å². The van der Waals surface area contributed by atoms with Crippen molar-refractivity contribution in [1.29, 1.82) is 0 Å². The molecule has 1 aromatic rings. The average Bonchev–Trinajstić information content (AvgIpc) is 2.55. The first-order chi connectivity index (χ1) is 7.51. The molecule has 0 aliphatic carbocycles. The minimum absolute atomic E-state index is 0.336. The smallest absolute Gasteiger partial charge is 0.0854 e. The Hall–Kier alpha value is -0.580. The van der Waals surface area contributed by atoms with Gasteiger partial charge in [-0.15, -0.1) is 0 Å². The van der Waals surface area contributed by atoms with E-state index in [-0.39, 0.29) is 0 Å². The van der Waals surface area contributed by atoms with E-state index in [9.17, 15) is 10.2 Å². The van der Waals surface area contributed by atoms with E-state index in [1.807, 2.05) is 20.8 Å². The molecule has 0 saturated heterocycles. The zero-order valence-corrected chi connectivity index (χ0v) is 10.7. The minimum Gasteiger partial charge on any atom is -0.390 e. The molecule has 0 saturated carbocycles. The van der Waals surface area contributed by atoms with Crippen molar-refractivity contribution >= 4 is 11.6 Å². The molecule has 0 fully saturated rings. The highest BCUT2D eigenvalue weighted by atomic mass is 35.5. The first-order valence-corrected chi connectivity index (χ1v) is 5.96. The lowest BCUT2D eigenvalue weighted by molar-refractivity contribution is 0.0170. The molecule has 0 aliphatic heterocycles. The van der Waals surface area contributed by atoms with Crippen LogP contribution < -0.4 is 0 Å². The molecule has 4 nitrogen and oxygen atoms in total. The predicted octanol–water partition coefficient (Wildman–Crippen LogP) is 1.54. The van der Waals surface area contributed by atoms with Gasteiger partial charge in [0.1, 0.15) is 0 Å². The van der Waals surface area contributed by atoms with Crippen LogP contribution in [0.15, 0.2) is 0 Å². The summed E-state index contributed by atoms with van der Waals surface area (Å²) in [4.78, 5) is 0. The highest BCUT2D eigenvalue weighted by Crippen LogP contribution is 2.22. The highest BCUT2D eigenvalue weighted by Gasteiger charge is 2.20. The molecule has 1 aromatic heterocycles. The molecule has 16 heavy (non-hydrogen) atoms. The molecular weight excluding hydrogens is 228 g/mol. The lowest BCUT2D eigenvalue weighted by Gasteiger charge is -2.16. The molecule has 5 heteroatoms. The van der Waals surface area contributed by atoms with Gasteiger partial charge in [0.05, 0.1) is 28.6 Å². The van der Waals surface area contributed by atoms with Gasteiger partial charge in [0.25, 0.3) is 0 Å². The number of aliphatic hydroxyl groups excluding tert-OH is 2. The number of hydrogen-bond donors (Lipinski definition) is 2. The van der Waals surface area contributed by atoms with E-state index in [1.165, 1.54) is 0 Å². The van der Waals surface area contributed by atoms with Gasteiger partial charge in [-0.2, -0.15) is 5.10 Å². The van der Waals surface area contributed by atoms with Crippen molar-refractivity contribution in [2.75, 3.05) is 0 Å². The summed E-state index contributed by atoms with van der Waals surface area (Å²) in [6, 6.07) is 0. The van der Waals surface area contributed by atoms with Gasteiger partial charge in [-0.25, -0.2) is 0 Å². The summed E-state index contributed by atoms with van der Waals surface area (Å²) in [5, 5.41) is 24.1. The molecular formula is C11H19ClN2O2. The third kappa shape index (κ3) is 2.75. The van der Waals surface area contributed by atoms with Gasteiger partial charge in [-0.3, -0.25) is 4.68 Å². The van der Waals surface area contributed by atoms with E-state index in [4.69, 9.17) is 11.6 Å². The standard InChI is InChI=1S/C11H19ClN2O2/c1-4-9(15)10(16)6-8-11(12)7(3)13-14(8)5-2/h9-10,15-16H,4-6H2,1-3H3. The van der Waals surface area contributed by atoms with Crippen molar-refractivity contribution in [1.82, 2.24) is 9.78 Å². The Bertz CT molecular complexity index is 352. The van der Waals surface area contributed by atoms with Crippen LogP contribution in [0.1, 0.15) is 31.7 Å². The van der Waals surface area contributed by atoms with Crippen LogP contribution in [0.4, 0.5) is 0 Å². The fraction of sp³-hybridized carbons (Fsp3) is 0.727. The van der Waals surface area contributed by atoms with Gasteiger partial charge in [0.15, 0.2) is 0 Å². The molecule has 0 amide bonds. The van der Waals surface area contributed by atoms with Crippen LogP contribution in [0.3, 0.4) is 0 Å². The van der Waals surface area contributed by atoms with E-state index >= 15 is 0 Å². The molecule has 0 spiro atoms. The summed E-state index contributed by atoms with van der Waals surface area (Å²) in [5.41, 5.74) is 1.55. The largest absolute Gasteiger partial charge is 0.390 e. The number of aliphatic hydroxyl groups is 2. The van der Waals surface area contributed by atoms with Gasteiger partial charge in [0.2, 0.25) is 0 Å². The van der Waals surface area contributed by atoms with Crippen LogP contribution in [0.25, 0.3) is 0 Å². The zero-order valence-electron chi connectivity index (χ0n) is 9.94. The van der Waals surface area contributed by atoms with E-state index in [0.29, 0.717) is 24.4 Å². The summed E-state index contributed by atoms with van der Waals surface area (Å²) in [6.07, 6.45) is -0.638. The number of nitrogens with zero attached hydrogens (tertiary/aromatic N) is 2. The maximum Gasteiger partial charge on any atom is 0.0854 e. The molecule has 2 atom stereocenters. The SMILES string of the molecule is CCC(O)C(O)Cc1c(Cl)c(C)nn1CC. The fourth-order valence-electron chi connectivity index (χ4n) is 1.67. The second-order valence-corrected chi connectivity index (χ2v) is 4.29.